The number of ether oxygens (including phenoxy) is 1. The van der Waals surface area contributed by atoms with Crippen molar-refractivity contribution in [3.63, 3.8) is 0 Å². The van der Waals surface area contributed by atoms with Crippen LogP contribution >= 0.6 is 0 Å². The Morgan fingerprint density at radius 2 is 2.07 bits per heavy atom. The molecule has 1 fully saturated rings. The third-order valence-electron chi connectivity index (χ3n) is 5.06. The summed E-state index contributed by atoms with van der Waals surface area (Å²) in [5.74, 6) is -1.84. The zero-order chi connectivity index (χ0) is 20.8. The number of amides is 2. The van der Waals surface area contributed by atoms with Crippen molar-refractivity contribution in [3.8, 4) is 5.75 Å². The molecule has 0 spiro atoms. The predicted octanol–water partition coefficient (Wildman–Crippen LogP) is 3.33. The topological polar surface area (TPSA) is 99.7 Å². The number of benzene rings is 2. The van der Waals surface area contributed by atoms with E-state index in [2.05, 4.69) is 16.0 Å². The summed E-state index contributed by atoms with van der Waals surface area (Å²) in [4.78, 5) is 23.9. The van der Waals surface area contributed by atoms with Crippen LogP contribution in [0.15, 0.2) is 42.5 Å². The molecule has 0 aliphatic carbocycles. The quantitative estimate of drug-likeness (QED) is 0.570. The maximum Gasteiger partial charge on any atom is 0.323 e. The normalized spacial score (nSPS) is 16.8. The average molecular weight is 401 g/mol. The van der Waals surface area contributed by atoms with Gasteiger partial charge < -0.3 is 25.8 Å². The van der Waals surface area contributed by atoms with Crippen molar-refractivity contribution in [1.82, 2.24) is 5.32 Å². The van der Waals surface area contributed by atoms with E-state index in [9.17, 15) is 19.1 Å². The van der Waals surface area contributed by atoms with Crippen molar-refractivity contribution >= 4 is 23.4 Å². The summed E-state index contributed by atoms with van der Waals surface area (Å²) in [6, 6.07) is 10.9. The lowest BCUT2D eigenvalue weighted by Crippen LogP contribution is -2.27. The highest BCUT2D eigenvalue weighted by atomic mass is 19.1. The van der Waals surface area contributed by atoms with Crippen LogP contribution in [-0.4, -0.2) is 37.3 Å². The molecule has 0 saturated carbocycles. The Bertz CT molecular complexity index is 884. The van der Waals surface area contributed by atoms with Gasteiger partial charge in [0, 0.05) is 5.69 Å². The first-order chi connectivity index (χ1) is 14.0. The number of methoxy groups -OCH3 is 1. The van der Waals surface area contributed by atoms with Crippen LogP contribution < -0.4 is 20.7 Å². The second-order valence-electron chi connectivity index (χ2n) is 7.00. The summed E-state index contributed by atoms with van der Waals surface area (Å²) < 4.78 is 19.1. The fraction of sp³-hybridized carbons (Fsp3) is 0.333. The number of nitrogens with one attached hydrogen (secondary N) is 3. The standard InChI is InChI=1S/C21H24FN3O4/c1-29-18-7-3-6-17(19(18)22)25-21(28)24-15-5-2-4-13(10-15)11-16(20(26)27)14-8-9-23-12-14/h2-7,10,14,16,23H,8-9,11-12H2,1H3,(H,26,27)(H2,24,25,28)/t14-,16-/m0/s1. The Hall–Kier alpha value is -3.13. The summed E-state index contributed by atoms with van der Waals surface area (Å²) in [6.07, 6.45) is 1.22. The number of urea groups is 1. The molecule has 29 heavy (non-hydrogen) atoms. The lowest BCUT2D eigenvalue weighted by molar-refractivity contribution is -0.143. The third kappa shape index (κ3) is 5.23. The SMILES string of the molecule is COc1cccc(NC(=O)Nc2cccc(C[C@H](C(=O)O)[C@H]3CCNC3)c2)c1F. The molecule has 2 atom stereocenters. The average Bonchev–Trinajstić information content (AvgIpc) is 3.22. The Morgan fingerprint density at radius 1 is 1.28 bits per heavy atom. The van der Waals surface area contributed by atoms with E-state index >= 15 is 0 Å². The van der Waals surface area contributed by atoms with Crippen molar-refractivity contribution in [3.05, 3.63) is 53.8 Å². The molecular formula is C21H24FN3O4. The number of carbonyl (C=O) groups excluding carboxylic acids is 1. The first-order valence-corrected chi connectivity index (χ1v) is 9.41. The first kappa shape index (κ1) is 20.6. The van der Waals surface area contributed by atoms with Gasteiger partial charge in [-0.3, -0.25) is 4.79 Å². The van der Waals surface area contributed by atoms with Gasteiger partial charge in [-0.1, -0.05) is 18.2 Å². The summed E-state index contributed by atoms with van der Waals surface area (Å²) >= 11 is 0. The molecule has 3 rings (SSSR count). The summed E-state index contributed by atoms with van der Waals surface area (Å²) in [5.41, 5.74) is 1.31. The Morgan fingerprint density at radius 3 is 2.76 bits per heavy atom. The summed E-state index contributed by atoms with van der Waals surface area (Å²) in [6.45, 7) is 1.53. The second-order valence-corrected chi connectivity index (χ2v) is 7.00. The molecule has 2 aromatic carbocycles. The van der Waals surface area contributed by atoms with Gasteiger partial charge in [-0.2, -0.15) is 0 Å². The van der Waals surface area contributed by atoms with E-state index in [1.807, 2.05) is 6.07 Å². The van der Waals surface area contributed by atoms with Gasteiger partial charge in [-0.25, -0.2) is 9.18 Å². The van der Waals surface area contributed by atoms with Crippen molar-refractivity contribution in [1.29, 1.82) is 0 Å². The third-order valence-corrected chi connectivity index (χ3v) is 5.06. The second kappa shape index (κ2) is 9.38. The molecule has 0 unspecified atom stereocenters. The molecule has 2 aromatic rings. The maximum absolute atomic E-state index is 14.2. The molecule has 154 valence electrons. The Balaban J connectivity index is 1.66. The molecule has 2 amide bonds. The van der Waals surface area contributed by atoms with Gasteiger partial charge >= 0.3 is 12.0 Å². The van der Waals surface area contributed by atoms with E-state index in [0.29, 0.717) is 18.7 Å². The number of carbonyl (C=O) groups is 2. The molecule has 0 aromatic heterocycles. The van der Waals surface area contributed by atoms with Gasteiger partial charge in [-0.15, -0.1) is 0 Å². The summed E-state index contributed by atoms with van der Waals surface area (Å²) in [5, 5.41) is 17.9. The number of halogens is 1. The smallest absolute Gasteiger partial charge is 0.323 e. The minimum absolute atomic E-state index is 0.00215. The fourth-order valence-electron chi connectivity index (χ4n) is 3.56. The molecule has 1 saturated heterocycles. The Kier molecular flexibility index (Phi) is 6.66. The number of carboxylic acids is 1. The zero-order valence-electron chi connectivity index (χ0n) is 16.1. The van der Waals surface area contributed by atoms with E-state index in [-0.39, 0.29) is 17.4 Å². The van der Waals surface area contributed by atoms with E-state index in [1.54, 1.807) is 24.3 Å². The minimum atomic E-state index is -0.816. The molecular weight excluding hydrogens is 377 g/mol. The molecule has 4 N–H and O–H groups in total. The number of aliphatic carboxylic acids is 1. The van der Waals surface area contributed by atoms with Gasteiger partial charge in [0.1, 0.15) is 0 Å². The molecule has 7 nitrogen and oxygen atoms in total. The van der Waals surface area contributed by atoms with Crippen LogP contribution in [-0.2, 0) is 11.2 Å². The van der Waals surface area contributed by atoms with Crippen LogP contribution in [0.25, 0.3) is 0 Å². The largest absolute Gasteiger partial charge is 0.494 e. The van der Waals surface area contributed by atoms with Gasteiger partial charge in [0.05, 0.1) is 18.7 Å². The number of hydrogen-bond donors (Lipinski definition) is 4. The molecule has 8 heteroatoms. The maximum atomic E-state index is 14.2. The van der Waals surface area contributed by atoms with Crippen LogP contribution in [0.4, 0.5) is 20.6 Å². The van der Waals surface area contributed by atoms with Crippen molar-refractivity contribution in [2.45, 2.75) is 12.8 Å². The van der Waals surface area contributed by atoms with E-state index < -0.39 is 23.7 Å². The lowest BCUT2D eigenvalue weighted by Gasteiger charge is -2.19. The highest BCUT2D eigenvalue weighted by molar-refractivity contribution is 6.00. The highest BCUT2D eigenvalue weighted by Crippen LogP contribution is 2.26. The molecule has 1 aliphatic heterocycles. The minimum Gasteiger partial charge on any atom is -0.494 e. The first-order valence-electron chi connectivity index (χ1n) is 9.41. The number of carboxylic acid groups (broad SMARTS) is 1. The summed E-state index contributed by atoms with van der Waals surface area (Å²) in [7, 11) is 1.35. The lowest BCUT2D eigenvalue weighted by atomic mass is 9.86. The number of hydrogen-bond acceptors (Lipinski definition) is 4. The molecule has 1 aliphatic rings. The van der Waals surface area contributed by atoms with E-state index in [1.165, 1.54) is 19.2 Å². The van der Waals surface area contributed by atoms with Gasteiger partial charge in [0.2, 0.25) is 0 Å². The fourth-order valence-corrected chi connectivity index (χ4v) is 3.56. The van der Waals surface area contributed by atoms with Gasteiger partial charge in [0.25, 0.3) is 0 Å². The van der Waals surface area contributed by atoms with Crippen LogP contribution in [0, 0.1) is 17.7 Å². The highest BCUT2D eigenvalue weighted by Gasteiger charge is 2.30. The molecule has 0 radical (unpaired) electrons. The Labute approximate surface area is 168 Å². The van der Waals surface area contributed by atoms with Gasteiger partial charge in [-0.05, 0) is 61.7 Å². The van der Waals surface area contributed by atoms with E-state index in [0.717, 1.165) is 18.5 Å². The molecule has 1 heterocycles. The van der Waals surface area contributed by atoms with Crippen LogP contribution in [0.2, 0.25) is 0 Å². The van der Waals surface area contributed by atoms with Gasteiger partial charge in [0.15, 0.2) is 11.6 Å². The number of anilines is 2. The number of rotatable bonds is 7. The monoisotopic (exact) mass is 401 g/mol. The van der Waals surface area contributed by atoms with Crippen LogP contribution in [0.5, 0.6) is 5.75 Å². The van der Waals surface area contributed by atoms with Crippen molar-refractivity contribution in [2.24, 2.45) is 11.8 Å². The van der Waals surface area contributed by atoms with Crippen molar-refractivity contribution in [2.75, 3.05) is 30.8 Å². The zero-order valence-corrected chi connectivity index (χ0v) is 16.1. The molecule has 0 bridgehead atoms. The van der Waals surface area contributed by atoms with Crippen LogP contribution in [0.1, 0.15) is 12.0 Å². The van der Waals surface area contributed by atoms with Crippen LogP contribution in [0.3, 0.4) is 0 Å². The predicted molar refractivity (Wildman–Crippen MR) is 108 cm³/mol. The van der Waals surface area contributed by atoms with Crippen molar-refractivity contribution < 1.29 is 23.8 Å². The van der Waals surface area contributed by atoms with E-state index in [4.69, 9.17) is 4.74 Å².